The topological polar surface area (TPSA) is 40.5 Å². The van der Waals surface area contributed by atoms with Crippen LogP contribution in [0.4, 0.5) is 23.2 Å². The van der Waals surface area contributed by atoms with Crippen LogP contribution < -0.4 is 4.90 Å². The molecule has 1 aromatic carbocycles. The summed E-state index contributed by atoms with van der Waals surface area (Å²) in [5.41, 5.74) is -1.10. The number of hydrogen-bond donors (Lipinski definition) is 1. The molecule has 7 heteroatoms. The summed E-state index contributed by atoms with van der Waals surface area (Å²) < 4.78 is 51.2. The van der Waals surface area contributed by atoms with Gasteiger partial charge in [-0.15, -0.1) is 0 Å². The average Bonchev–Trinajstić information content (AvgIpc) is 2.29. The minimum atomic E-state index is -4.61. The molecule has 0 spiro atoms. The average molecular weight is 293 g/mol. The van der Waals surface area contributed by atoms with Gasteiger partial charge in [0, 0.05) is 12.6 Å². The quantitative estimate of drug-likeness (QED) is 0.844. The van der Waals surface area contributed by atoms with Crippen molar-refractivity contribution in [1.82, 2.24) is 0 Å². The van der Waals surface area contributed by atoms with Crippen LogP contribution in [0.25, 0.3) is 0 Å². The monoisotopic (exact) mass is 293 g/mol. The van der Waals surface area contributed by atoms with Gasteiger partial charge in [0.2, 0.25) is 0 Å². The second-order valence-corrected chi connectivity index (χ2v) is 4.40. The molecule has 0 aliphatic carbocycles. The normalized spacial score (nSPS) is 13.1. The molecule has 1 atom stereocenters. The molecule has 0 heterocycles. The fourth-order valence-corrected chi connectivity index (χ4v) is 2.00. The summed E-state index contributed by atoms with van der Waals surface area (Å²) in [5, 5.41) is 8.73. The number of alkyl halides is 3. The SMILES string of the molecule is CCN(c1ccc(C(F)(F)F)cc1F)C(C)CC(=O)O. The third-order valence-electron chi connectivity index (χ3n) is 2.93. The number of carboxylic acid groups (broad SMARTS) is 1. The number of aliphatic carboxylic acids is 1. The summed E-state index contributed by atoms with van der Waals surface area (Å²) in [6.45, 7) is 3.54. The van der Waals surface area contributed by atoms with Gasteiger partial charge in [0.1, 0.15) is 5.82 Å². The summed E-state index contributed by atoms with van der Waals surface area (Å²) in [6.07, 6.45) is -4.84. The lowest BCUT2D eigenvalue weighted by Crippen LogP contribution is -2.35. The third kappa shape index (κ3) is 3.85. The van der Waals surface area contributed by atoms with Crippen molar-refractivity contribution in [3.63, 3.8) is 0 Å². The highest BCUT2D eigenvalue weighted by Gasteiger charge is 2.31. The first-order valence-corrected chi connectivity index (χ1v) is 6.02. The van der Waals surface area contributed by atoms with E-state index in [1.165, 1.54) is 4.90 Å². The molecule has 3 nitrogen and oxygen atoms in total. The molecule has 0 aliphatic rings. The van der Waals surface area contributed by atoms with Crippen molar-refractivity contribution in [2.75, 3.05) is 11.4 Å². The van der Waals surface area contributed by atoms with E-state index in [0.29, 0.717) is 6.07 Å². The predicted octanol–water partition coefficient (Wildman–Crippen LogP) is 3.53. The molecule has 0 bridgehead atoms. The van der Waals surface area contributed by atoms with Crippen LogP contribution in [-0.4, -0.2) is 23.7 Å². The van der Waals surface area contributed by atoms with Crippen molar-refractivity contribution in [2.24, 2.45) is 0 Å². The van der Waals surface area contributed by atoms with Crippen LogP contribution in [-0.2, 0) is 11.0 Å². The third-order valence-corrected chi connectivity index (χ3v) is 2.93. The van der Waals surface area contributed by atoms with Gasteiger partial charge in [-0.2, -0.15) is 13.2 Å². The van der Waals surface area contributed by atoms with Crippen LogP contribution in [0.15, 0.2) is 18.2 Å². The molecule has 20 heavy (non-hydrogen) atoms. The van der Waals surface area contributed by atoms with E-state index in [9.17, 15) is 22.4 Å². The molecule has 1 aromatic rings. The number of benzene rings is 1. The first-order chi connectivity index (χ1) is 9.16. The lowest BCUT2D eigenvalue weighted by molar-refractivity contribution is -0.138. The summed E-state index contributed by atoms with van der Waals surface area (Å²) in [7, 11) is 0. The Kier molecular flexibility index (Phi) is 4.97. The number of hydrogen-bond acceptors (Lipinski definition) is 2. The van der Waals surface area contributed by atoms with E-state index < -0.39 is 29.6 Å². The van der Waals surface area contributed by atoms with E-state index in [0.717, 1.165) is 12.1 Å². The van der Waals surface area contributed by atoms with E-state index in [2.05, 4.69) is 0 Å². The predicted molar refractivity (Wildman–Crippen MR) is 66.1 cm³/mol. The maximum atomic E-state index is 13.8. The van der Waals surface area contributed by atoms with Crippen LogP contribution >= 0.6 is 0 Å². The van der Waals surface area contributed by atoms with Crippen molar-refractivity contribution in [2.45, 2.75) is 32.5 Å². The largest absolute Gasteiger partial charge is 0.481 e. The van der Waals surface area contributed by atoms with Crippen LogP contribution in [0.2, 0.25) is 0 Å². The Morgan fingerprint density at radius 1 is 1.40 bits per heavy atom. The molecule has 112 valence electrons. The lowest BCUT2D eigenvalue weighted by Gasteiger charge is -2.29. The van der Waals surface area contributed by atoms with E-state index in [1.54, 1.807) is 13.8 Å². The molecule has 0 radical (unpaired) electrons. The molecule has 0 aromatic heterocycles. The van der Waals surface area contributed by atoms with E-state index in [1.807, 2.05) is 0 Å². The van der Waals surface area contributed by atoms with Crippen molar-refractivity contribution in [3.05, 3.63) is 29.6 Å². The molecule has 1 rings (SSSR count). The van der Waals surface area contributed by atoms with Crippen LogP contribution in [0.1, 0.15) is 25.8 Å². The molecule has 0 aliphatic heterocycles. The molecular formula is C13H15F4NO2. The number of rotatable bonds is 5. The van der Waals surface area contributed by atoms with E-state index in [-0.39, 0.29) is 18.7 Å². The second-order valence-electron chi connectivity index (χ2n) is 4.40. The summed E-state index contributed by atoms with van der Waals surface area (Å²) >= 11 is 0. The summed E-state index contributed by atoms with van der Waals surface area (Å²) in [4.78, 5) is 12.1. The molecule has 0 saturated carbocycles. The number of halogens is 4. The van der Waals surface area contributed by atoms with Gasteiger partial charge in [-0.1, -0.05) is 0 Å². The minimum absolute atomic E-state index is 0.0331. The van der Waals surface area contributed by atoms with E-state index >= 15 is 0 Å². The van der Waals surface area contributed by atoms with Crippen molar-refractivity contribution < 1.29 is 27.5 Å². The molecule has 1 unspecified atom stereocenters. The Balaban J connectivity index is 3.08. The lowest BCUT2D eigenvalue weighted by atomic mass is 10.1. The molecule has 0 amide bonds. The number of carboxylic acids is 1. The van der Waals surface area contributed by atoms with Gasteiger partial charge < -0.3 is 10.0 Å². The standard InChI is InChI=1S/C13H15F4NO2/c1-3-18(8(2)6-12(19)20)11-5-4-9(7-10(11)14)13(15,16)17/h4-5,7-8H,3,6H2,1-2H3,(H,19,20). The Bertz CT molecular complexity index is 488. The van der Waals surface area contributed by atoms with Crippen LogP contribution in [0, 0.1) is 5.82 Å². The van der Waals surface area contributed by atoms with Crippen molar-refractivity contribution in [1.29, 1.82) is 0 Å². The smallest absolute Gasteiger partial charge is 0.416 e. The van der Waals surface area contributed by atoms with Gasteiger partial charge in [-0.25, -0.2) is 4.39 Å². The second kappa shape index (κ2) is 6.11. The maximum absolute atomic E-state index is 13.8. The number of carbonyl (C=O) groups is 1. The van der Waals surface area contributed by atoms with Crippen molar-refractivity contribution in [3.8, 4) is 0 Å². The first-order valence-electron chi connectivity index (χ1n) is 6.02. The highest BCUT2D eigenvalue weighted by atomic mass is 19.4. The molecule has 0 fully saturated rings. The van der Waals surface area contributed by atoms with Gasteiger partial charge in [0.05, 0.1) is 17.7 Å². The molecule has 1 N–H and O–H groups in total. The summed E-state index contributed by atoms with van der Waals surface area (Å²) in [6, 6.07) is 1.71. The number of nitrogens with zero attached hydrogens (tertiary/aromatic N) is 1. The van der Waals surface area contributed by atoms with Gasteiger partial charge in [0.15, 0.2) is 0 Å². The van der Waals surface area contributed by atoms with Crippen molar-refractivity contribution >= 4 is 11.7 Å². The molecular weight excluding hydrogens is 278 g/mol. The Morgan fingerprint density at radius 3 is 2.40 bits per heavy atom. The zero-order chi connectivity index (χ0) is 15.5. The maximum Gasteiger partial charge on any atom is 0.416 e. The van der Waals surface area contributed by atoms with Gasteiger partial charge >= 0.3 is 12.1 Å². The van der Waals surface area contributed by atoms with Crippen LogP contribution in [0.5, 0.6) is 0 Å². The fraction of sp³-hybridized carbons (Fsp3) is 0.462. The molecule has 0 saturated heterocycles. The van der Waals surface area contributed by atoms with Crippen LogP contribution in [0.3, 0.4) is 0 Å². The summed E-state index contributed by atoms with van der Waals surface area (Å²) in [5.74, 6) is -2.07. The zero-order valence-corrected chi connectivity index (χ0v) is 11.0. The highest BCUT2D eigenvalue weighted by Crippen LogP contribution is 2.32. The minimum Gasteiger partial charge on any atom is -0.481 e. The Labute approximate surface area is 113 Å². The zero-order valence-electron chi connectivity index (χ0n) is 11.0. The fourth-order valence-electron chi connectivity index (χ4n) is 2.00. The van der Waals surface area contributed by atoms with Gasteiger partial charge in [-0.3, -0.25) is 4.79 Å². The Hall–Kier alpha value is -1.79. The Morgan fingerprint density at radius 2 is 2.00 bits per heavy atom. The highest BCUT2D eigenvalue weighted by molar-refractivity contribution is 5.68. The van der Waals surface area contributed by atoms with Gasteiger partial charge in [0.25, 0.3) is 0 Å². The van der Waals surface area contributed by atoms with E-state index in [4.69, 9.17) is 5.11 Å². The van der Waals surface area contributed by atoms with Gasteiger partial charge in [-0.05, 0) is 32.0 Å². The number of anilines is 1. The first kappa shape index (κ1) is 16.3.